The Bertz CT molecular complexity index is 478. The van der Waals surface area contributed by atoms with Crippen molar-refractivity contribution in [2.24, 2.45) is 0 Å². The molecule has 3 atom stereocenters. The maximum Gasteiger partial charge on any atom is 0.231 e. The second-order valence-corrected chi connectivity index (χ2v) is 6.89. The summed E-state index contributed by atoms with van der Waals surface area (Å²) in [4.78, 5) is 0. The third-order valence-electron chi connectivity index (χ3n) is 3.60. The zero-order chi connectivity index (χ0) is 14.5. The smallest absolute Gasteiger partial charge is 0.231 e. The Morgan fingerprint density at radius 2 is 2.05 bits per heavy atom. The normalized spacial score (nSPS) is 17.8. The Morgan fingerprint density at radius 1 is 1.30 bits per heavy atom. The molecule has 3 unspecified atom stereocenters. The van der Waals surface area contributed by atoms with Crippen LogP contribution in [0.1, 0.15) is 38.8 Å². The molecule has 0 saturated heterocycles. The highest BCUT2D eigenvalue weighted by Gasteiger charge is 2.20. The Balaban J connectivity index is 2.13. The lowest BCUT2D eigenvalue weighted by Gasteiger charge is -2.20. The lowest BCUT2D eigenvalue weighted by molar-refractivity contribution is 0.174. The summed E-state index contributed by atoms with van der Waals surface area (Å²) >= 11 is 0. The molecule has 0 aliphatic carbocycles. The van der Waals surface area contributed by atoms with Crippen LogP contribution in [0.15, 0.2) is 18.2 Å². The van der Waals surface area contributed by atoms with Gasteiger partial charge in [0.15, 0.2) is 11.5 Å². The van der Waals surface area contributed by atoms with Gasteiger partial charge in [-0.05, 0) is 30.7 Å². The molecule has 0 fully saturated rings. The predicted molar refractivity (Wildman–Crippen MR) is 81.7 cm³/mol. The van der Waals surface area contributed by atoms with Crippen molar-refractivity contribution in [1.29, 1.82) is 0 Å². The average molecular weight is 297 g/mol. The van der Waals surface area contributed by atoms with Crippen LogP contribution in [-0.2, 0) is 10.8 Å². The van der Waals surface area contributed by atoms with Gasteiger partial charge in [-0.3, -0.25) is 4.21 Å². The van der Waals surface area contributed by atoms with E-state index >= 15 is 0 Å². The third kappa shape index (κ3) is 3.52. The predicted octanol–water partition coefficient (Wildman–Crippen LogP) is 2.61. The summed E-state index contributed by atoms with van der Waals surface area (Å²) in [6, 6.07) is 6.02. The SMILES string of the molecule is CCNC(CS(=O)C(C)CC)c1ccc2c(c1)OCO2. The van der Waals surface area contributed by atoms with Crippen molar-refractivity contribution >= 4 is 10.8 Å². The summed E-state index contributed by atoms with van der Waals surface area (Å²) in [6.45, 7) is 7.30. The first-order chi connectivity index (χ1) is 9.65. The number of nitrogens with one attached hydrogen (secondary N) is 1. The zero-order valence-corrected chi connectivity index (χ0v) is 13.2. The van der Waals surface area contributed by atoms with Crippen LogP contribution in [0.3, 0.4) is 0 Å². The fraction of sp³-hybridized carbons (Fsp3) is 0.600. The minimum absolute atomic E-state index is 0.0873. The molecule has 0 radical (unpaired) electrons. The molecule has 0 saturated carbocycles. The molecule has 1 aromatic carbocycles. The first-order valence-electron chi connectivity index (χ1n) is 7.15. The Morgan fingerprint density at radius 3 is 2.75 bits per heavy atom. The molecule has 0 amide bonds. The highest BCUT2D eigenvalue weighted by Crippen LogP contribution is 2.34. The minimum atomic E-state index is -0.830. The van der Waals surface area contributed by atoms with Crippen molar-refractivity contribution in [2.75, 3.05) is 19.1 Å². The summed E-state index contributed by atoms with van der Waals surface area (Å²) in [7, 11) is -0.830. The van der Waals surface area contributed by atoms with Crippen molar-refractivity contribution in [3.8, 4) is 11.5 Å². The van der Waals surface area contributed by atoms with Crippen LogP contribution in [0.5, 0.6) is 11.5 Å². The van der Waals surface area contributed by atoms with Crippen LogP contribution in [0.2, 0.25) is 0 Å². The van der Waals surface area contributed by atoms with Crippen molar-refractivity contribution in [1.82, 2.24) is 5.32 Å². The number of hydrogen-bond donors (Lipinski definition) is 1. The van der Waals surface area contributed by atoms with E-state index in [1.807, 2.05) is 25.1 Å². The van der Waals surface area contributed by atoms with Gasteiger partial charge in [-0.1, -0.05) is 26.8 Å². The van der Waals surface area contributed by atoms with E-state index in [0.717, 1.165) is 30.0 Å². The van der Waals surface area contributed by atoms with E-state index in [4.69, 9.17) is 9.47 Å². The highest BCUT2D eigenvalue weighted by molar-refractivity contribution is 7.85. The van der Waals surface area contributed by atoms with Gasteiger partial charge in [-0.15, -0.1) is 0 Å². The van der Waals surface area contributed by atoms with E-state index < -0.39 is 10.8 Å². The van der Waals surface area contributed by atoms with E-state index in [2.05, 4.69) is 19.2 Å². The standard InChI is InChI=1S/C15H23NO3S/c1-4-11(3)20(17)9-13(16-5-2)12-6-7-14-15(8-12)19-10-18-14/h6-8,11,13,16H,4-5,9-10H2,1-3H3. The van der Waals surface area contributed by atoms with Crippen molar-refractivity contribution in [2.45, 2.75) is 38.5 Å². The van der Waals surface area contributed by atoms with Crippen LogP contribution < -0.4 is 14.8 Å². The quantitative estimate of drug-likeness (QED) is 0.840. The summed E-state index contributed by atoms with van der Waals surface area (Å²) < 4.78 is 23.0. The van der Waals surface area contributed by atoms with E-state index in [0.29, 0.717) is 5.75 Å². The first-order valence-corrected chi connectivity index (χ1v) is 8.54. The van der Waals surface area contributed by atoms with Gasteiger partial charge in [0.1, 0.15) is 0 Å². The molecule has 1 N–H and O–H groups in total. The van der Waals surface area contributed by atoms with Crippen LogP contribution in [0.4, 0.5) is 0 Å². The molecule has 0 spiro atoms. The number of ether oxygens (including phenoxy) is 2. The van der Waals surface area contributed by atoms with Crippen LogP contribution in [0, 0.1) is 0 Å². The summed E-state index contributed by atoms with van der Waals surface area (Å²) in [6.07, 6.45) is 0.937. The summed E-state index contributed by atoms with van der Waals surface area (Å²) in [5, 5.41) is 3.64. The van der Waals surface area contributed by atoms with Gasteiger partial charge in [0, 0.05) is 27.8 Å². The van der Waals surface area contributed by atoms with Gasteiger partial charge in [-0.2, -0.15) is 0 Å². The first kappa shape index (κ1) is 15.3. The minimum Gasteiger partial charge on any atom is -0.454 e. The van der Waals surface area contributed by atoms with Crippen molar-refractivity contribution in [3.63, 3.8) is 0 Å². The van der Waals surface area contributed by atoms with Crippen LogP contribution >= 0.6 is 0 Å². The molecule has 1 aliphatic rings. The van der Waals surface area contributed by atoms with Gasteiger partial charge in [-0.25, -0.2) is 0 Å². The number of hydrogen-bond acceptors (Lipinski definition) is 4. The lowest BCUT2D eigenvalue weighted by Crippen LogP contribution is -2.28. The van der Waals surface area contributed by atoms with E-state index in [9.17, 15) is 4.21 Å². The maximum atomic E-state index is 12.3. The molecule has 2 rings (SSSR count). The van der Waals surface area contributed by atoms with Crippen molar-refractivity contribution < 1.29 is 13.7 Å². The number of rotatable bonds is 7. The second-order valence-electron chi connectivity index (χ2n) is 4.99. The Hall–Kier alpha value is -1.07. The molecule has 5 heteroatoms. The van der Waals surface area contributed by atoms with Gasteiger partial charge >= 0.3 is 0 Å². The van der Waals surface area contributed by atoms with Crippen molar-refractivity contribution in [3.05, 3.63) is 23.8 Å². The maximum absolute atomic E-state index is 12.3. The molecule has 0 bridgehead atoms. The Kier molecular flexibility index (Phi) is 5.43. The second kappa shape index (κ2) is 7.09. The van der Waals surface area contributed by atoms with Crippen LogP contribution in [0.25, 0.3) is 0 Å². The van der Waals surface area contributed by atoms with E-state index in [-0.39, 0.29) is 18.1 Å². The molecule has 1 aliphatic heterocycles. The average Bonchev–Trinajstić information content (AvgIpc) is 2.93. The molecule has 0 aromatic heterocycles. The molecule has 1 aromatic rings. The molecule has 20 heavy (non-hydrogen) atoms. The van der Waals surface area contributed by atoms with Gasteiger partial charge in [0.2, 0.25) is 6.79 Å². The van der Waals surface area contributed by atoms with Gasteiger partial charge < -0.3 is 14.8 Å². The molecular weight excluding hydrogens is 274 g/mol. The highest BCUT2D eigenvalue weighted by atomic mass is 32.2. The topological polar surface area (TPSA) is 47.6 Å². The monoisotopic (exact) mass is 297 g/mol. The Labute approximate surface area is 123 Å². The zero-order valence-electron chi connectivity index (χ0n) is 12.3. The number of benzene rings is 1. The molecule has 4 nitrogen and oxygen atoms in total. The van der Waals surface area contributed by atoms with E-state index in [1.165, 1.54) is 0 Å². The molecule has 1 heterocycles. The largest absolute Gasteiger partial charge is 0.454 e. The van der Waals surface area contributed by atoms with Gasteiger partial charge in [0.05, 0.1) is 0 Å². The lowest BCUT2D eigenvalue weighted by atomic mass is 10.1. The summed E-state index contributed by atoms with van der Waals surface area (Å²) in [5.41, 5.74) is 1.10. The molecular formula is C15H23NO3S. The summed E-state index contributed by atoms with van der Waals surface area (Å²) in [5.74, 6) is 2.19. The van der Waals surface area contributed by atoms with Gasteiger partial charge in [0.25, 0.3) is 0 Å². The van der Waals surface area contributed by atoms with Crippen LogP contribution in [-0.4, -0.2) is 28.5 Å². The molecule has 112 valence electrons. The fourth-order valence-electron chi connectivity index (χ4n) is 2.16. The third-order valence-corrected chi connectivity index (χ3v) is 5.50. The van der Waals surface area contributed by atoms with E-state index in [1.54, 1.807) is 0 Å². The fourth-order valence-corrected chi connectivity index (χ4v) is 3.50. The number of fused-ring (bicyclic) bond motifs is 1.